The fraction of sp³-hybridized carbons (Fsp3) is 0.708. The van der Waals surface area contributed by atoms with Crippen molar-refractivity contribution in [3.8, 4) is 0 Å². The Kier molecular flexibility index (Phi) is 7.31. The smallest absolute Gasteiger partial charge is 0.256 e. The van der Waals surface area contributed by atoms with Gasteiger partial charge in [-0.3, -0.25) is 4.48 Å². The number of hydrogen-bond donors (Lipinski definition) is 0. The van der Waals surface area contributed by atoms with Gasteiger partial charge >= 0.3 is 5.91 Å². The van der Waals surface area contributed by atoms with Crippen LogP contribution in [-0.2, 0) is 0 Å². The maximum absolute atomic E-state index is 13.2. The summed E-state index contributed by atoms with van der Waals surface area (Å²) in [7, 11) is 0. The first-order chi connectivity index (χ1) is 12.8. The second-order valence-electron chi connectivity index (χ2n) is 8.69. The molecule has 2 unspecified atom stereocenters. The van der Waals surface area contributed by atoms with Crippen molar-refractivity contribution in [1.82, 2.24) is 0 Å². The lowest BCUT2D eigenvalue weighted by Crippen LogP contribution is -2.60. The molecule has 1 amide bonds. The first kappa shape index (κ1) is 19.6. The molecule has 0 aliphatic carbocycles. The van der Waals surface area contributed by atoms with Crippen molar-refractivity contribution < 1.29 is 9.28 Å². The average Bonchev–Trinajstić information content (AvgIpc) is 2.68. The zero-order chi connectivity index (χ0) is 18.2. The average molecular weight is 357 g/mol. The third-order valence-corrected chi connectivity index (χ3v) is 6.71. The second kappa shape index (κ2) is 9.69. The summed E-state index contributed by atoms with van der Waals surface area (Å²) in [5.74, 6) is 1.02. The Labute approximate surface area is 160 Å². The Hall–Kier alpha value is -1.15. The predicted octanol–water partition coefficient (Wildman–Crippen LogP) is 6.46. The molecule has 0 aromatic heterocycles. The molecule has 1 saturated heterocycles. The first-order valence-electron chi connectivity index (χ1n) is 11.3. The Morgan fingerprint density at radius 1 is 0.923 bits per heavy atom. The van der Waals surface area contributed by atoms with E-state index in [1.54, 1.807) is 0 Å². The van der Waals surface area contributed by atoms with Crippen molar-refractivity contribution in [3.63, 3.8) is 0 Å². The van der Waals surface area contributed by atoms with E-state index in [9.17, 15) is 4.79 Å². The van der Waals surface area contributed by atoms with Gasteiger partial charge < -0.3 is 0 Å². The van der Waals surface area contributed by atoms with Gasteiger partial charge in [0.1, 0.15) is 0 Å². The standard InChI is InChI=1S/C24H38NO/c1-2-3-4-5-6-7-8-9-10-13-18-25-19-14-15-21(20-25)22-16-11-12-17-23(22)24(25)26/h11-12,16-17,21H,2-10,13-15,18-20H2,1H3/q+1. The number of fused-ring (bicyclic) bond motifs is 4. The fourth-order valence-corrected chi connectivity index (χ4v) is 5.19. The van der Waals surface area contributed by atoms with E-state index in [4.69, 9.17) is 0 Å². The van der Waals surface area contributed by atoms with Gasteiger partial charge in [-0.2, -0.15) is 0 Å². The molecule has 26 heavy (non-hydrogen) atoms. The summed E-state index contributed by atoms with van der Waals surface area (Å²) in [5, 5.41) is 0. The highest BCUT2D eigenvalue weighted by Crippen LogP contribution is 2.40. The van der Waals surface area contributed by atoms with E-state index in [0.717, 1.165) is 29.7 Å². The molecule has 144 valence electrons. The Morgan fingerprint density at radius 3 is 2.31 bits per heavy atom. The van der Waals surface area contributed by atoms with E-state index in [2.05, 4.69) is 25.1 Å². The maximum Gasteiger partial charge on any atom is 0.346 e. The Morgan fingerprint density at radius 2 is 1.58 bits per heavy atom. The number of carbonyl (C=O) groups excluding carboxylic acids is 1. The molecule has 2 aliphatic rings. The number of rotatable bonds is 11. The van der Waals surface area contributed by atoms with Crippen LogP contribution in [0.15, 0.2) is 24.3 Å². The molecule has 2 nitrogen and oxygen atoms in total. The second-order valence-corrected chi connectivity index (χ2v) is 8.69. The van der Waals surface area contributed by atoms with Gasteiger partial charge in [0.05, 0.1) is 25.2 Å². The molecule has 1 aromatic carbocycles. The van der Waals surface area contributed by atoms with Gasteiger partial charge in [0, 0.05) is 5.92 Å². The summed E-state index contributed by atoms with van der Waals surface area (Å²) >= 11 is 0. The number of benzene rings is 1. The van der Waals surface area contributed by atoms with Crippen molar-refractivity contribution in [2.24, 2.45) is 0 Å². The molecule has 3 rings (SSSR count). The van der Waals surface area contributed by atoms with Gasteiger partial charge in [0.15, 0.2) is 0 Å². The number of piperidine rings is 1. The van der Waals surface area contributed by atoms with Crippen molar-refractivity contribution in [1.29, 1.82) is 0 Å². The van der Waals surface area contributed by atoms with Crippen LogP contribution < -0.4 is 0 Å². The molecule has 2 heteroatoms. The lowest BCUT2D eigenvalue weighted by molar-refractivity contribution is -0.857. The number of hydrogen-bond acceptors (Lipinski definition) is 1. The van der Waals surface area contributed by atoms with E-state index >= 15 is 0 Å². The fourth-order valence-electron chi connectivity index (χ4n) is 5.19. The normalized spacial score (nSPS) is 24.5. The summed E-state index contributed by atoms with van der Waals surface area (Å²) in [4.78, 5) is 13.2. The van der Waals surface area contributed by atoms with Crippen LogP contribution in [0.25, 0.3) is 0 Å². The highest BCUT2D eigenvalue weighted by Gasteiger charge is 2.47. The molecule has 0 N–H and O–H groups in total. The van der Waals surface area contributed by atoms with Crippen LogP contribution >= 0.6 is 0 Å². The summed E-state index contributed by atoms with van der Waals surface area (Å²) < 4.78 is 0.749. The third-order valence-electron chi connectivity index (χ3n) is 6.71. The number of unbranched alkanes of at least 4 members (excludes halogenated alkanes) is 9. The SMILES string of the molecule is CCCCCCCCCCCC[N+]12CCCC(C1)c1ccccc1C2=O. The molecule has 1 aromatic rings. The zero-order valence-electron chi connectivity index (χ0n) is 16.8. The minimum Gasteiger partial charge on any atom is -0.256 e. The molecular formula is C24H38NO+. The molecule has 2 atom stereocenters. The molecule has 0 saturated carbocycles. The van der Waals surface area contributed by atoms with Gasteiger partial charge in [-0.05, 0) is 37.3 Å². The quantitative estimate of drug-likeness (QED) is 0.329. The predicted molar refractivity (Wildman–Crippen MR) is 109 cm³/mol. The van der Waals surface area contributed by atoms with E-state index < -0.39 is 0 Å². The largest absolute Gasteiger partial charge is 0.346 e. The number of amides is 1. The van der Waals surface area contributed by atoms with Crippen LogP contribution in [0.5, 0.6) is 0 Å². The van der Waals surface area contributed by atoms with Crippen LogP contribution in [-0.4, -0.2) is 30.0 Å². The monoisotopic (exact) mass is 356 g/mol. The minimum absolute atomic E-state index is 0.410. The molecule has 0 spiro atoms. The van der Waals surface area contributed by atoms with E-state index in [-0.39, 0.29) is 0 Å². The van der Waals surface area contributed by atoms with E-state index in [1.807, 2.05) is 6.07 Å². The lowest BCUT2D eigenvalue weighted by Gasteiger charge is -2.46. The van der Waals surface area contributed by atoms with Gasteiger partial charge in [-0.1, -0.05) is 76.5 Å². The Balaban J connectivity index is 1.41. The van der Waals surface area contributed by atoms with E-state index in [0.29, 0.717) is 11.8 Å². The lowest BCUT2D eigenvalue weighted by atomic mass is 9.81. The van der Waals surface area contributed by atoms with Crippen LogP contribution in [0.1, 0.15) is 106 Å². The molecule has 0 radical (unpaired) electrons. The van der Waals surface area contributed by atoms with Gasteiger partial charge in [0.2, 0.25) is 0 Å². The van der Waals surface area contributed by atoms with Crippen LogP contribution in [0.4, 0.5) is 0 Å². The summed E-state index contributed by atoms with van der Waals surface area (Å²) in [6.07, 6.45) is 16.1. The maximum atomic E-state index is 13.2. The van der Waals surface area contributed by atoms with Gasteiger partial charge in [-0.15, -0.1) is 0 Å². The first-order valence-corrected chi connectivity index (χ1v) is 11.3. The van der Waals surface area contributed by atoms with E-state index in [1.165, 1.54) is 82.6 Å². The summed E-state index contributed by atoms with van der Waals surface area (Å²) in [5.41, 5.74) is 2.35. The minimum atomic E-state index is 0.410. The van der Waals surface area contributed by atoms with Gasteiger partial charge in [-0.25, -0.2) is 4.79 Å². The van der Waals surface area contributed by atoms with Crippen LogP contribution in [0.2, 0.25) is 0 Å². The summed E-state index contributed by atoms with van der Waals surface area (Å²) in [6, 6.07) is 8.40. The zero-order valence-corrected chi connectivity index (χ0v) is 16.8. The molecule has 2 bridgehead atoms. The molecule has 2 aliphatic heterocycles. The molecular weight excluding hydrogens is 318 g/mol. The highest BCUT2D eigenvalue weighted by atomic mass is 16.2. The van der Waals surface area contributed by atoms with Crippen LogP contribution in [0.3, 0.4) is 0 Å². The number of quaternary nitrogens is 1. The van der Waals surface area contributed by atoms with Crippen molar-refractivity contribution in [3.05, 3.63) is 35.4 Å². The Bertz CT molecular complexity index is 581. The topological polar surface area (TPSA) is 17.1 Å². The number of carbonyl (C=O) groups is 1. The molecule has 2 heterocycles. The van der Waals surface area contributed by atoms with Crippen molar-refractivity contribution in [2.45, 2.75) is 89.9 Å². The number of nitrogens with zero attached hydrogens (tertiary/aromatic N) is 1. The van der Waals surface area contributed by atoms with Crippen molar-refractivity contribution >= 4 is 5.91 Å². The van der Waals surface area contributed by atoms with Crippen molar-refractivity contribution in [2.75, 3.05) is 19.6 Å². The van der Waals surface area contributed by atoms with Crippen LogP contribution in [0, 0.1) is 0 Å². The summed E-state index contributed by atoms with van der Waals surface area (Å²) in [6.45, 7) is 5.48. The highest BCUT2D eigenvalue weighted by molar-refractivity contribution is 5.92. The van der Waals surface area contributed by atoms with Gasteiger partial charge in [0.25, 0.3) is 0 Å². The molecule has 1 fully saturated rings. The third kappa shape index (κ3) is 4.57.